The molecule has 0 aromatic heterocycles. The monoisotopic (exact) mass is 401 g/mol. The van der Waals surface area contributed by atoms with Crippen molar-refractivity contribution in [3.63, 3.8) is 0 Å². The van der Waals surface area contributed by atoms with Gasteiger partial charge in [-0.3, -0.25) is 9.59 Å². The largest absolute Gasteiger partial charge is 0.368 e. The van der Waals surface area contributed by atoms with Crippen molar-refractivity contribution in [2.45, 2.75) is 6.42 Å². The van der Waals surface area contributed by atoms with Gasteiger partial charge in [-0.2, -0.15) is 0 Å². The molecule has 0 spiro atoms. The molecule has 154 valence electrons. The summed E-state index contributed by atoms with van der Waals surface area (Å²) in [4.78, 5) is 30.6. The molecule has 0 atom stereocenters. The summed E-state index contributed by atoms with van der Waals surface area (Å²) < 4.78 is 0. The predicted molar refractivity (Wildman–Crippen MR) is 120 cm³/mol. The van der Waals surface area contributed by atoms with Gasteiger partial charge in [-0.15, -0.1) is 0 Å². The molecule has 1 fully saturated rings. The molecule has 0 aliphatic carbocycles. The number of carbonyl (C=O) groups is 2. The molecule has 5 heteroatoms. The first-order chi connectivity index (χ1) is 14.7. The number of amides is 2. The molecule has 1 saturated heterocycles. The second-order valence-electron chi connectivity index (χ2n) is 7.66. The Bertz CT molecular complexity index is 942. The third-order valence-electron chi connectivity index (χ3n) is 5.89. The number of piperazine rings is 1. The molecule has 2 heterocycles. The number of nitrogens with zero attached hydrogens (tertiary/aromatic N) is 3. The molecular formula is C25H27N3O2. The van der Waals surface area contributed by atoms with Crippen molar-refractivity contribution in [3.8, 4) is 0 Å². The number of benzene rings is 2. The summed E-state index contributed by atoms with van der Waals surface area (Å²) in [5.74, 6) is 0.0629. The minimum absolute atomic E-state index is 0.0124. The SMILES string of the molecule is C=CC(=O)N1CCN(c2ccc(C(=O)N3CC=C(c4ccccc4)CC3)cc2)CC1. The summed E-state index contributed by atoms with van der Waals surface area (Å²) >= 11 is 0. The van der Waals surface area contributed by atoms with Gasteiger partial charge >= 0.3 is 0 Å². The van der Waals surface area contributed by atoms with Gasteiger partial charge in [0.05, 0.1) is 0 Å². The summed E-state index contributed by atoms with van der Waals surface area (Å²) in [6, 6.07) is 18.2. The minimum atomic E-state index is -0.0124. The predicted octanol–water partition coefficient (Wildman–Crippen LogP) is 3.45. The second-order valence-corrected chi connectivity index (χ2v) is 7.66. The maximum absolute atomic E-state index is 12.9. The van der Waals surface area contributed by atoms with Crippen LogP contribution in [0.5, 0.6) is 0 Å². The molecule has 5 nitrogen and oxygen atoms in total. The highest BCUT2D eigenvalue weighted by Crippen LogP contribution is 2.24. The van der Waals surface area contributed by atoms with Gasteiger partial charge in [0.2, 0.25) is 5.91 Å². The Kier molecular flexibility index (Phi) is 5.98. The number of carbonyl (C=O) groups excluding carboxylic acids is 2. The van der Waals surface area contributed by atoms with Gasteiger partial charge in [-0.25, -0.2) is 0 Å². The fraction of sp³-hybridized carbons (Fsp3) is 0.280. The van der Waals surface area contributed by atoms with Crippen LogP contribution in [-0.4, -0.2) is 60.9 Å². The van der Waals surface area contributed by atoms with Crippen LogP contribution in [0.2, 0.25) is 0 Å². The molecule has 0 saturated carbocycles. The maximum Gasteiger partial charge on any atom is 0.254 e. The molecule has 0 N–H and O–H groups in total. The van der Waals surface area contributed by atoms with E-state index in [1.54, 1.807) is 0 Å². The molecule has 4 rings (SSSR count). The van der Waals surface area contributed by atoms with Crippen LogP contribution < -0.4 is 4.90 Å². The fourth-order valence-corrected chi connectivity index (χ4v) is 4.08. The van der Waals surface area contributed by atoms with Crippen molar-refractivity contribution >= 4 is 23.1 Å². The van der Waals surface area contributed by atoms with Crippen LogP contribution in [0.25, 0.3) is 5.57 Å². The Labute approximate surface area is 177 Å². The van der Waals surface area contributed by atoms with Gasteiger partial charge in [0, 0.05) is 50.5 Å². The Morgan fingerprint density at radius 1 is 0.833 bits per heavy atom. The van der Waals surface area contributed by atoms with E-state index >= 15 is 0 Å². The first kappa shape index (κ1) is 20.0. The van der Waals surface area contributed by atoms with Crippen LogP contribution in [-0.2, 0) is 4.79 Å². The van der Waals surface area contributed by atoms with Crippen LogP contribution in [0.1, 0.15) is 22.3 Å². The summed E-state index contributed by atoms with van der Waals surface area (Å²) in [7, 11) is 0. The summed E-state index contributed by atoms with van der Waals surface area (Å²) in [5.41, 5.74) is 4.35. The van der Waals surface area contributed by atoms with Gasteiger partial charge in [0.1, 0.15) is 0 Å². The molecule has 2 aliphatic rings. The van der Waals surface area contributed by atoms with Gasteiger partial charge in [-0.1, -0.05) is 43.0 Å². The number of rotatable bonds is 4. The quantitative estimate of drug-likeness (QED) is 0.737. The summed E-state index contributed by atoms with van der Waals surface area (Å²) in [6.45, 7) is 7.88. The zero-order valence-corrected chi connectivity index (χ0v) is 17.2. The van der Waals surface area contributed by atoms with Crippen molar-refractivity contribution in [2.24, 2.45) is 0 Å². The van der Waals surface area contributed by atoms with E-state index in [0.717, 1.165) is 37.3 Å². The van der Waals surface area contributed by atoms with Crippen LogP contribution in [0, 0.1) is 0 Å². The molecule has 0 unspecified atom stereocenters. The van der Waals surface area contributed by atoms with Crippen molar-refractivity contribution < 1.29 is 9.59 Å². The van der Waals surface area contributed by atoms with Crippen molar-refractivity contribution in [2.75, 3.05) is 44.2 Å². The van der Waals surface area contributed by atoms with E-state index in [1.807, 2.05) is 52.3 Å². The van der Waals surface area contributed by atoms with Crippen molar-refractivity contribution in [1.29, 1.82) is 0 Å². The number of hydrogen-bond donors (Lipinski definition) is 0. The smallest absolute Gasteiger partial charge is 0.254 e. The lowest BCUT2D eigenvalue weighted by Gasteiger charge is -2.35. The summed E-state index contributed by atoms with van der Waals surface area (Å²) in [6.07, 6.45) is 4.41. The van der Waals surface area contributed by atoms with Crippen LogP contribution in [0.15, 0.2) is 73.3 Å². The molecule has 2 amide bonds. The molecular weight excluding hydrogens is 374 g/mol. The Hall–Kier alpha value is -3.34. The molecule has 0 bridgehead atoms. The number of anilines is 1. The lowest BCUT2D eigenvalue weighted by molar-refractivity contribution is -0.126. The topological polar surface area (TPSA) is 43.9 Å². The molecule has 2 aromatic carbocycles. The lowest BCUT2D eigenvalue weighted by Crippen LogP contribution is -2.48. The Balaban J connectivity index is 1.35. The lowest BCUT2D eigenvalue weighted by atomic mass is 9.99. The van der Waals surface area contributed by atoms with E-state index in [0.29, 0.717) is 19.6 Å². The average molecular weight is 402 g/mol. The normalized spacial score (nSPS) is 16.8. The van der Waals surface area contributed by atoms with Crippen LogP contribution in [0.4, 0.5) is 5.69 Å². The van der Waals surface area contributed by atoms with Crippen LogP contribution >= 0.6 is 0 Å². The first-order valence-corrected chi connectivity index (χ1v) is 10.5. The van der Waals surface area contributed by atoms with E-state index in [-0.39, 0.29) is 11.8 Å². The molecule has 0 radical (unpaired) electrons. The zero-order chi connectivity index (χ0) is 20.9. The van der Waals surface area contributed by atoms with E-state index < -0.39 is 0 Å². The van der Waals surface area contributed by atoms with E-state index in [4.69, 9.17) is 0 Å². The number of hydrogen-bond acceptors (Lipinski definition) is 3. The average Bonchev–Trinajstić information content (AvgIpc) is 2.84. The third-order valence-corrected chi connectivity index (χ3v) is 5.89. The van der Waals surface area contributed by atoms with Crippen molar-refractivity contribution in [1.82, 2.24) is 9.80 Å². The fourth-order valence-electron chi connectivity index (χ4n) is 4.08. The maximum atomic E-state index is 12.9. The second kappa shape index (κ2) is 8.99. The van der Waals surface area contributed by atoms with Gasteiger partial charge in [0.15, 0.2) is 0 Å². The highest BCUT2D eigenvalue weighted by atomic mass is 16.2. The van der Waals surface area contributed by atoms with Crippen molar-refractivity contribution in [3.05, 3.63) is 84.5 Å². The van der Waals surface area contributed by atoms with Crippen LogP contribution in [0.3, 0.4) is 0 Å². The third kappa shape index (κ3) is 4.30. The molecule has 30 heavy (non-hydrogen) atoms. The highest BCUT2D eigenvalue weighted by molar-refractivity contribution is 5.95. The standard InChI is InChI=1S/C25H27N3O2/c1-2-24(29)27-18-16-26(17-19-27)23-10-8-22(9-11-23)25(30)28-14-12-21(13-15-28)20-6-4-3-5-7-20/h2-12H,1,13-19H2. The Morgan fingerprint density at radius 3 is 2.13 bits per heavy atom. The minimum Gasteiger partial charge on any atom is -0.368 e. The molecule has 2 aromatic rings. The van der Waals surface area contributed by atoms with E-state index in [2.05, 4.69) is 29.7 Å². The highest BCUT2D eigenvalue weighted by Gasteiger charge is 2.21. The Morgan fingerprint density at radius 2 is 1.53 bits per heavy atom. The first-order valence-electron chi connectivity index (χ1n) is 10.5. The van der Waals surface area contributed by atoms with Gasteiger partial charge in [-0.05, 0) is 47.9 Å². The summed E-state index contributed by atoms with van der Waals surface area (Å²) in [5, 5.41) is 0. The molecule has 2 aliphatic heterocycles. The van der Waals surface area contributed by atoms with Gasteiger partial charge in [0.25, 0.3) is 5.91 Å². The van der Waals surface area contributed by atoms with Gasteiger partial charge < -0.3 is 14.7 Å². The van der Waals surface area contributed by atoms with E-state index in [9.17, 15) is 9.59 Å². The van der Waals surface area contributed by atoms with E-state index in [1.165, 1.54) is 17.2 Å². The zero-order valence-electron chi connectivity index (χ0n) is 17.2.